The van der Waals surface area contributed by atoms with Crippen molar-refractivity contribution >= 4 is 134 Å². The number of thioether (sulfide) groups is 1. The molecule has 0 spiro atoms. The third-order valence-corrected chi connectivity index (χ3v) is 24.7. The van der Waals surface area contributed by atoms with Crippen LogP contribution in [0.3, 0.4) is 0 Å². The second-order valence-corrected chi connectivity index (χ2v) is 34.8. The molecule has 3 aliphatic rings. The lowest BCUT2D eigenvalue weighted by Crippen LogP contribution is -2.61. The first-order valence-corrected chi connectivity index (χ1v) is 45.2. The average Bonchev–Trinajstić information content (AvgIpc) is 1.60. The van der Waals surface area contributed by atoms with Crippen LogP contribution in [0.5, 0.6) is 5.75 Å². The second kappa shape index (κ2) is 47.8. The Labute approximate surface area is 757 Å². The third kappa shape index (κ3) is 27.2. The molecule has 0 saturated carbocycles. The number of phenolic OH excluding ortho intramolecular Hbond substituents is 1. The van der Waals surface area contributed by atoms with E-state index >= 15 is 33.6 Å². The van der Waals surface area contributed by atoms with Gasteiger partial charge in [0.2, 0.25) is 100 Å². The largest absolute Gasteiger partial charge is 0.508 e. The number of nitrogens with two attached hydrogens (primary N) is 2. The van der Waals surface area contributed by atoms with Gasteiger partial charge >= 0.3 is 0 Å². The fourth-order valence-electron chi connectivity index (χ4n) is 16.3. The minimum Gasteiger partial charge on any atom is -0.508 e. The molecule has 3 aliphatic heterocycles. The molecule has 9 rings (SSSR count). The molecule has 39 nitrogen and oxygen atoms in total. The maximum atomic E-state index is 15.7. The van der Waals surface area contributed by atoms with Crippen molar-refractivity contribution in [2.45, 2.75) is 235 Å². The number of aromatic amines is 3. The van der Waals surface area contributed by atoms with Gasteiger partial charge in [-0.25, -0.2) is 4.98 Å². The summed E-state index contributed by atoms with van der Waals surface area (Å²) in [6.07, 6.45) is 8.31. The van der Waals surface area contributed by atoms with Crippen molar-refractivity contribution in [2.24, 2.45) is 17.4 Å². The molecular formula is C90H123N21O18S. The number of primary amides is 2. The Morgan fingerprint density at radius 1 is 0.546 bits per heavy atom. The number of hydrogen-bond acceptors (Lipinski definition) is 20. The molecule has 14 atom stereocenters. The molecule has 3 fully saturated rings. The molecule has 6 aromatic rings. The second-order valence-electron chi connectivity index (χ2n) is 33.8. The summed E-state index contributed by atoms with van der Waals surface area (Å²) in [5.41, 5.74) is 14.5. The normalized spacial score (nSPS) is 24.7. The van der Waals surface area contributed by atoms with Crippen molar-refractivity contribution in [3.05, 3.63) is 133 Å². The van der Waals surface area contributed by atoms with E-state index in [1.165, 1.54) is 92.6 Å². The summed E-state index contributed by atoms with van der Waals surface area (Å²) in [5, 5.41) is 38.6. The number of hydrogen-bond donors (Lipinski definition) is 16. The number of aromatic nitrogens is 4. The summed E-state index contributed by atoms with van der Waals surface area (Å²) >= 11 is 0.797. The molecule has 702 valence electrons. The van der Waals surface area contributed by atoms with Crippen molar-refractivity contribution in [2.75, 3.05) is 52.3 Å². The van der Waals surface area contributed by atoms with Crippen LogP contribution < -0.4 is 64.6 Å². The summed E-state index contributed by atoms with van der Waals surface area (Å²) in [6, 6.07) is 0.0369. The highest BCUT2D eigenvalue weighted by Crippen LogP contribution is 2.28. The van der Waals surface area contributed by atoms with Crippen molar-refractivity contribution in [1.29, 1.82) is 0 Å². The quantitative estimate of drug-likeness (QED) is 0.0387. The molecular weight excluding hydrogens is 1700 g/mol. The lowest BCUT2D eigenvalue weighted by Gasteiger charge is -2.36. The van der Waals surface area contributed by atoms with Crippen LogP contribution in [0.25, 0.3) is 21.8 Å². The van der Waals surface area contributed by atoms with Gasteiger partial charge in [0.05, 0.1) is 25.0 Å². The molecule has 0 bridgehead atoms. The van der Waals surface area contributed by atoms with E-state index < -0.39 is 204 Å². The zero-order valence-corrected chi connectivity index (χ0v) is 75.7. The van der Waals surface area contributed by atoms with Crippen molar-refractivity contribution in [3.63, 3.8) is 0 Å². The van der Waals surface area contributed by atoms with Crippen LogP contribution >= 0.6 is 11.8 Å². The number of likely N-dealkylation sites (N-methyl/N-ethyl adjacent to an activating group) is 3. The van der Waals surface area contributed by atoms with Crippen molar-refractivity contribution in [3.8, 4) is 5.75 Å². The van der Waals surface area contributed by atoms with Gasteiger partial charge in [-0.2, -0.15) is 0 Å². The Bertz CT molecular complexity index is 5060. The van der Waals surface area contributed by atoms with E-state index in [4.69, 9.17) is 11.5 Å². The zero-order chi connectivity index (χ0) is 94.7. The first-order valence-electron chi connectivity index (χ1n) is 44.0. The lowest BCUT2D eigenvalue weighted by molar-refractivity contribution is -0.149. The highest BCUT2D eigenvalue weighted by molar-refractivity contribution is 8.00. The molecule has 40 heteroatoms. The lowest BCUT2D eigenvalue weighted by atomic mass is 9.99. The molecule has 0 radical (unpaired) electrons. The Balaban J connectivity index is 1.08. The minimum atomic E-state index is -1.74. The number of carbonyl (C=O) groups is 17. The molecule has 3 saturated heterocycles. The summed E-state index contributed by atoms with van der Waals surface area (Å²) in [4.78, 5) is 268. The number of phenols is 1. The van der Waals surface area contributed by atoms with Gasteiger partial charge in [0, 0.05) is 112 Å². The maximum absolute atomic E-state index is 15.7. The number of imidazole rings is 1. The summed E-state index contributed by atoms with van der Waals surface area (Å²) in [5.74, 6) is -15.9. The van der Waals surface area contributed by atoms with Gasteiger partial charge in [0.15, 0.2) is 0 Å². The SMILES string of the molecule is C=CC[C@@H]1NC(=O)[C@H](Cc2c[nH]c3ccccc23)NC(=O)C2CCCN2C(=O)[C@H](CC(C)C)NC(=O)[C@H](Cc2cnc[nH]2)NC(=O)[C@@H]2CCCN2C(=O)[C@H](CC(N)=O)NC(=O)[C@H](C)N(C)C(=O)[C@H](Cc2ccc(O)cc2)NC(=O)CSC[C@@H](C(=O)NCC(N)=O)NC(=O)[C@H](C)NC(=O)[C@H](CCCC)N(C)C(=O)[C@H](CCCC)N(C)C(=O)[C@H](Cc2c[nH]c3ccccc23)NC1=O. The van der Waals surface area contributed by atoms with Gasteiger partial charge in [0.1, 0.15) is 90.3 Å². The van der Waals surface area contributed by atoms with Gasteiger partial charge in [-0.05, 0) is 112 Å². The van der Waals surface area contributed by atoms with E-state index in [-0.39, 0.29) is 101 Å². The number of unbranched alkanes of at least 4 members (excludes halogenated alkanes) is 2. The van der Waals surface area contributed by atoms with E-state index in [2.05, 4.69) is 79.7 Å². The van der Waals surface area contributed by atoms with E-state index in [1.54, 1.807) is 24.5 Å². The Morgan fingerprint density at radius 3 is 1.61 bits per heavy atom. The number of rotatable bonds is 23. The van der Waals surface area contributed by atoms with Crippen LogP contribution in [0.4, 0.5) is 0 Å². The van der Waals surface area contributed by atoms with Crippen molar-refractivity contribution in [1.82, 2.24) is 97.6 Å². The molecule has 17 amide bonds. The number of aromatic hydroxyl groups is 1. The standard InChI is InChI=1S/C90H123N21O18S/c1-11-14-27-70-83(122)98-51(6)77(116)106-69(79(118)96-46-75(92)114)47-130-48-76(115)99-66(38-53-31-33-57(112)34-32-53)86(125)107(8)52(7)78(117)103-68(42-74(91)113)89(128)111-36-21-30-72(111)85(124)102-64(41-56-45-93-49-97-56)82(121)104-65(37-50(4)5)88(127)110-35-20-29-71(110)84(123)101-63(39-54-43-94-60-25-18-16-23-58(54)60)81(120)100-62(22-13-3)80(119)105-67(40-55-44-95-61-26-19-17-24-59(55)61)87(126)109(10)73(28-15-12-2)90(129)108(70)9/h13,16-19,23-26,31-34,43-45,49-52,62-73,94-95,112H,3,11-12,14-15,20-22,27-30,35-42,46-48H2,1-2,4-10H3,(H2,91,113)(H2,92,114)(H,93,97)(H,96,118)(H,98,122)(H,99,115)(H,100,120)(H,101,123)(H,102,124)(H,103,117)(H,104,121)(H,105,119)(H,106,116)/t51-,52-,62-,63-,64-,65-,66-,67-,68-,69-,70-,71?,72-,73-/m0/s1. The first-order chi connectivity index (χ1) is 62.0. The van der Waals surface area contributed by atoms with Crippen LogP contribution in [0.2, 0.25) is 0 Å². The van der Waals surface area contributed by atoms with E-state index in [1.807, 2.05) is 64.1 Å². The highest BCUT2D eigenvalue weighted by atomic mass is 32.2. The number of nitrogens with one attached hydrogen (secondary N) is 13. The molecule has 130 heavy (non-hydrogen) atoms. The van der Waals surface area contributed by atoms with Crippen LogP contribution in [0, 0.1) is 5.92 Å². The monoisotopic (exact) mass is 1820 g/mol. The smallest absolute Gasteiger partial charge is 0.246 e. The molecule has 3 aromatic heterocycles. The van der Waals surface area contributed by atoms with Gasteiger partial charge < -0.3 is 109 Å². The summed E-state index contributed by atoms with van der Waals surface area (Å²) in [6.45, 7) is 13.1. The fourth-order valence-corrected chi connectivity index (χ4v) is 17.2. The molecule has 3 aromatic carbocycles. The molecule has 1 unspecified atom stereocenters. The van der Waals surface area contributed by atoms with Crippen LogP contribution in [-0.2, 0) is 107 Å². The van der Waals surface area contributed by atoms with Crippen molar-refractivity contribution < 1.29 is 86.6 Å². The number of benzene rings is 3. The predicted molar refractivity (Wildman–Crippen MR) is 483 cm³/mol. The van der Waals surface area contributed by atoms with Crippen LogP contribution in [0.1, 0.15) is 147 Å². The van der Waals surface area contributed by atoms with E-state index in [9.17, 15) is 53.1 Å². The zero-order valence-electron chi connectivity index (χ0n) is 74.9. The van der Waals surface area contributed by atoms with Gasteiger partial charge in [0.25, 0.3) is 0 Å². The number of H-pyrrole nitrogens is 3. The van der Waals surface area contributed by atoms with Gasteiger partial charge in [-0.15, -0.1) is 18.3 Å². The predicted octanol–water partition coefficient (Wildman–Crippen LogP) is 0.441. The fraction of sp³-hybridized carbons (Fsp3) is 0.511. The molecule has 0 aliphatic carbocycles. The third-order valence-electron chi connectivity index (χ3n) is 23.6. The topological polar surface area (TPSA) is 559 Å². The van der Waals surface area contributed by atoms with Gasteiger partial charge in [-0.3, -0.25) is 81.5 Å². The summed E-state index contributed by atoms with van der Waals surface area (Å²) < 4.78 is 0. The average molecular weight is 1820 g/mol. The number of carbonyl (C=O) groups excluding carboxylic acids is 17. The molecule has 18 N–H and O–H groups in total. The minimum absolute atomic E-state index is 0.0176. The van der Waals surface area contributed by atoms with Gasteiger partial charge in [-0.1, -0.05) is 108 Å². The Hall–Kier alpha value is -13.2. The number of fused-ring (bicyclic) bond motifs is 4. The van der Waals surface area contributed by atoms with E-state index in [0.29, 0.717) is 76.3 Å². The Kier molecular flexibility index (Phi) is 37.0. The summed E-state index contributed by atoms with van der Waals surface area (Å²) in [7, 11) is 4.03. The first kappa shape index (κ1) is 101. The van der Waals surface area contributed by atoms with Crippen LogP contribution in [-0.4, -0.2) is 287 Å². The number of amides is 17. The maximum Gasteiger partial charge on any atom is 0.246 e. The number of nitrogens with zero attached hydrogens (tertiary/aromatic N) is 6. The van der Waals surface area contributed by atoms with E-state index in [0.717, 1.165) is 21.6 Å². The highest BCUT2D eigenvalue weighted by Gasteiger charge is 2.45. The Morgan fingerprint density at radius 2 is 1.05 bits per heavy atom. The van der Waals surface area contributed by atoms with Crippen LogP contribution in [0.15, 0.2) is 110 Å². The number of para-hydroxylation sites is 2. The molecule has 6 heterocycles.